The maximum absolute atomic E-state index is 10.0. The predicted molar refractivity (Wildman–Crippen MR) is 37.4 cm³/mol. The van der Waals surface area contributed by atoms with E-state index in [-0.39, 0.29) is 5.54 Å². The third-order valence-electron chi connectivity index (χ3n) is 2.86. The number of hydrogen-bond donors (Lipinski definition) is 0. The van der Waals surface area contributed by atoms with Crippen molar-refractivity contribution < 1.29 is 4.79 Å². The first-order valence-corrected chi connectivity index (χ1v) is 3.88. The smallest absolute Gasteiger partial charge is 0.211 e. The molecule has 0 saturated heterocycles. The van der Waals surface area contributed by atoms with Crippen LogP contribution in [0.2, 0.25) is 0 Å². The molecular weight excluding hydrogens is 126 g/mol. The Kier molecular flexibility index (Phi) is 1.04. The van der Waals surface area contributed by atoms with E-state index in [1.807, 2.05) is 0 Å². The highest BCUT2D eigenvalue weighted by Gasteiger charge is 2.60. The van der Waals surface area contributed by atoms with Crippen molar-refractivity contribution >= 4 is 6.08 Å². The molecule has 0 aromatic heterocycles. The highest BCUT2D eigenvalue weighted by Crippen LogP contribution is 2.60. The first kappa shape index (κ1) is 6.11. The highest BCUT2D eigenvalue weighted by atomic mass is 16.1. The van der Waals surface area contributed by atoms with Crippen molar-refractivity contribution in [2.45, 2.75) is 31.7 Å². The van der Waals surface area contributed by atoms with Crippen molar-refractivity contribution in [2.75, 3.05) is 0 Å². The van der Waals surface area contributed by atoms with Crippen LogP contribution in [-0.2, 0) is 4.79 Å². The molecule has 0 aromatic rings. The molecule has 2 atom stereocenters. The zero-order valence-electron chi connectivity index (χ0n) is 6.13. The third kappa shape index (κ3) is 0.657. The molecule has 0 bridgehead atoms. The molecule has 2 nitrogen and oxygen atoms in total. The van der Waals surface area contributed by atoms with Gasteiger partial charge in [-0.1, -0.05) is 6.92 Å². The average molecular weight is 137 g/mol. The van der Waals surface area contributed by atoms with Gasteiger partial charge in [0, 0.05) is 0 Å². The molecule has 2 heteroatoms. The lowest BCUT2D eigenvalue weighted by atomic mass is 10.1. The minimum absolute atomic E-state index is 0.0712. The molecular formula is C8H11NO. The van der Waals surface area contributed by atoms with Crippen LogP contribution in [0, 0.1) is 11.8 Å². The minimum Gasteiger partial charge on any atom is -0.211 e. The fourth-order valence-corrected chi connectivity index (χ4v) is 1.92. The second-order valence-corrected chi connectivity index (χ2v) is 3.57. The Morgan fingerprint density at radius 3 is 2.50 bits per heavy atom. The first-order valence-electron chi connectivity index (χ1n) is 3.88. The summed E-state index contributed by atoms with van der Waals surface area (Å²) < 4.78 is 0. The van der Waals surface area contributed by atoms with Crippen LogP contribution in [0.4, 0.5) is 0 Å². The molecule has 0 aliphatic heterocycles. The van der Waals surface area contributed by atoms with Crippen LogP contribution < -0.4 is 0 Å². The van der Waals surface area contributed by atoms with E-state index in [2.05, 4.69) is 11.9 Å². The second kappa shape index (κ2) is 1.70. The quantitative estimate of drug-likeness (QED) is 0.419. The largest absolute Gasteiger partial charge is 0.235 e. The Bertz CT molecular complexity index is 203. The van der Waals surface area contributed by atoms with E-state index in [1.54, 1.807) is 6.08 Å². The number of rotatable bonds is 2. The van der Waals surface area contributed by atoms with E-state index >= 15 is 0 Å². The summed E-state index contributed by atoms with van der Waals surface area (Å²) in [5.74, 6) is 1.37. The fourth-order valence-electron chi connectivity index (χ4n) is 1.92. The molecule has 2 fully saturated rings. The lowest BCUT2D eigenvalue weighted by molar-refractivity contribution is 0.519. The van der Waals surface area contributed by atoms with Crippen molar-refractivity contribution in [3.05, 3.63) is 0 Å². The van der Waals surface area contributed by atoms with Crippen LogP contribution in [0.3, 0.4) is 0 Å². The van der Waals surface area contributed by atoms with Crippen LogP contribution in [0.5, 0.6) is 0 Å². The van der Waals surface area contributed by atoms with E-state index < -0.39 is 0 Å². The zero-order valence-corrected chi connectivity index (χ0v) is 6.13. The molecule has 0 heterocycles. The van der Waals surface area contributed by atoms with Gasteiger partial charge in [-0.05, 0) is 31.1 Å². The van der Waals surface area contributed by atoms with Gasteiger partial charge in [0.05, 0.1) is 5.54 Å². The molecule has 2 unspecified atom stereocenters. The topological polar surface area (TPSA) is 29.4 Å². The first-order chi connectivity index (χ1) is 4.79. The lowest BCUT2D eigenvalue weighted by Crippen LogP contribution is -2.09. The van der Waals surface area contributed by atoms with Gasteiger partial charge in [0.25, 0.3) is 0 Å². The van der Waals surface area contributed by atoms with Gasteiger partial charge in [0.1, 0.15) is 0 Å². The zero-order chi connectivity index (χ0) is 7.19. The van der Waals surface area contributed by atoms with Crippen LogP contribution in [0.15, 0.2) is 4.99 Å². The van der Waals surface area contributed by atoms with Gasteiger partial charge in [0.2, 0.25) is 6.08 Å². The molecule has 2 aliphatic rings. The number of isocyanates is 1. The van der Waals surface area contributed by atoms with Crippen molar-refractivity contribution in [2.24, 2.45) is 16.8 Å². The minimum atomic E-state index is 0.0712. The Labute approximate surface area is 60.3 Å². The van der Waals surface area contributed by atoms with Crippen LogP contribution in [0.25, 0.3) is 0 Å². The van der Waals surface area contributed by atoms with Gasteiger partial charge >= 0.3 is 0 Å². The summed E-state index contributed by atoms with van der Waals surface area (Å²) in [7, 11) is 0. The maximum Gasteiger partial charge on any atom is 0.235 e. The van der Waals surface area contributed by atoms with Crippen LogP contribution in [0.1, 0.15) is 26.2 Å². The molecule has 0 aromatic carbocycles. The molecule has 0 N–H and O–H groups in total. The molecule has 0 spiro atoms. The number of aliphatic imine (C=N–C) groups is 1. The molecule has 10 heavy (non-hydrogen) atoms. The Morgan fingerprint density at radius 2 is 2.20 bits per heavy atom. The van der Waals surface area contributed by atoms with Gasteiger partial charge in [-0.2, -0.15) is 4.99 Å². The van der Waals surface area contributed by atoms with Crippen molar-refractivity contribution in [3.8, 4) is 0 Å². The summed E-state index contributed by atoms with van der Waals surface area (Å²) in [6.45, 7) is 2.17. The maximum atomic E-state index is 10.0. The Balaban J connectivity index is 2.15. The van der Waals surface area contributed by atoms with Crippen molar-refractivity contribution in [1.82, 2.24) is 0 Å². The number of nitrogens with zero attached hydrogens (tertiary/aromatic N) is 1. The van der Waals surface area contributed by atoms with Gasteiger partial charge in [-0.25, -0.2) is 4.79 Å². The molecule has 2 aliphatic carbocycles. The summed E-state index contributed by atoms with van der Waals surface area (Å²) in [6.07, 6.45) is 5.36. The van der Waals surface area contributed by atoms with E-state index in [1.165, 1.54) is 12.8 Å². The number of hydrogen-bond acceptors (Lipinski definition) is 2. The third-order valence-corrected chi connectivity index (χ3v) is 2.86. The van der Waals surface area contributed by atoms with E-state index in [0.29, 0.717) is 5.92 Å². The van der Waals surface area contributed by atoms with Crippen molar-refractivity contribution in [3.63, 3.8) is 0 Å². The molecule has 0 radical (unpaired) electrons. The summed E-state index contributed by atoms with van der Waals surface area (Å²) in [6, 6.07) is 0. The lowest BCUT2D eigenvalue weighted by Gasteiger charge is -2.03. The SMILES string of the molecule is CC1CC1(N=C=O)C1CC1. The van der Waals surface area contributed by atoms with Crippen LogP contribution >= 0.6 is 0 Å². The van der Waals surface area contributed by atoms with Gasteiger partial charge in [-0.3, -0.25) is 0 Å². The van der Waals surface area contributed by atoms with Crippen molar-refractivity contribution in [1.29, 1.82) is 0 Å². The van der Waals surface area contributed by atoms with Crippen LogP contribution in [-0.4, -0.2) is 11.6 Å². The molecule has 2 rings (SSSR count). The van der Waals surface area contributed by atoms with Gasteiger partial charge < -0.3 is 0 Å². The summed E-state index contributed by atoms with van der Waals surface area (Å²) in [5.41, 5.74) is 0.0712. The average Bonchev–Trinajstić information content (AvgIpc) is 2.67. The predicted octanol–water partition coefficient (Wildman–Crippen LogP) is 1.51. The van der Waals surface area contributed by atoms with E-state index in [0.717, 1.165) is 12.3 Å². The summed E-state index contributed by atoms with van der Waals surface area (Å²) >= 11 is 0. The second-order valence-electron chi connectivity index (χ2n) is 3.57. The van der Waals surface area contributed by atoms with Gasteiger partial charge in [0.15, 0.2) is 0 Å². The summed E-state index contributed by atoms with van der Waals surface area (Å²) in [5, 5.41) is 0. The highest BCUT2D eigenvalue weighted by molar-refractivity contribution is 5.38. The number of carbonyl (C=O) groups excluding carboxylic acids is 1. The Hall–Kier alpha value is -0.620. The van der Waals surface area contributed by atoms with Gasteiger partial charge in [-0.15, -0.1) is 0 Å². The Morgan fingerprint density at radius 1 is 1.60 bits per heavy atom. The molecule has 54 valence electrons. The monoisotopic (exact) mass is 137 g/mol. The fraction of sp³-hybridized carbons (Fsp3) is 0.875. The molecule has 2 saturated carbocycles. The van der Waals surface area contributed by atoms with E-state index in [9.17, 15) is 4.79 Å². The standard InChI is InChI=1S/C8H11NO/c1-6-4-8(6,9-5-10)7-2-3-7/h6-7H,2-4H2,1H3. The molecule has 0 amide bonds. The van der Waals surface area contributed by atoms with E-state index in [4.69, 9.17) is 0 Å². The summed E-state index contributed by atoms with van der Waals surface area (Å²) in [4.78, 5) is 14.0. The normalized spacial score (nSPS) is 44.3.